The third-order valence-electron chi connectivity index (χ3n) is 3.15. The summed E-state index contributed by atoms with van der Waals surface area (Å²) in [5.74, 6) is 1.28. The molecule has 0 bridgehead atoms. The van der Waals surface area contributed by atoms with E-state index < -0.39 is 0 Å². The minimum Gasteiger partial charge on any atom is -0.508 e. The fraction of sp³-hybridized carbons (Fsp3) is 0.538. The maximum Gasteiger partial charge on any atom is 0.122 e. The summed E-state index contributed by atoms with van der Waals surface area (Å²) in [6, 6.07) is 6.69. The van der Waals surface area contributed by atoms with Gasteiger partial charge in [0.2, 0.25) is 0 Å². The van der Waals surface area contributed by atoms with Crippen LogP contribution in [0.1, 0.15) is 6.42 Å². The molecule has 4 nitrogen and oxygen atoms in total. The van der Waals surface area contributed by atoms with Gasteiger partial charge in [0.1, 0.15) is 11.5 Å². The number of hydrogen-bond acceptors (Lipinski definition) is 4. The second-order valence-corrected chi connectivity index (χ2v) is 4.37. The molecule has 0 spiro atoms. The third kappa shape index (κ3) is 3.35. The van der Waals surface area contributed by atoms with Gasteiger partial charge in [-0.1, -0.05) is 6.07 Å². The fourth-order valence-corrected chi connectivity index (χ4v) is 2.04. The van der Waals surface area contributed by atoms with Crippen LogP contribution in [0.15, 0.2) is 24.3 Å². The Hall–Kier alpha value is -1.26. The summed E-state index contributed by atoms with van der Waals surface area (Å²) in [7, 11) is 0. The van der Waals surface area contributed by atoms with Gasteiger partial charge in [-0.15, -0.1) is 0 Å². The molecule has 17 heavy (non-hydrogen) atoms. The first-order valence-electron chi connectivity index (χ1n) is 5.90. The predicted octanol–water partition coefficient (Wildman–Crippen LogP) is 1.42. The second-order valence-electron chi connectivity index (χ2n) is 4.37. The van der Waals surface area contributed by atoms with Crippen LogP contribution in [0.3, 0.4) is 0 Å². The molecule has 0 radical (unpaired) electrons. The number of ether oxygens (including phenoxy) is 2. The van der Waals surface area contributed by atoms with E-state index in [1.54, 1.807) is 24.3 Å². The first-order valence-corrected chi connectivity index (χ1v) is 5.90. The molecule has 2 unspecified atom stereocenters. The Morgan fingerprint density at radius 1 is 1.47 bits per heavy atom. The molecule has 0 saturated carbocycles. The highest BCUT2D eigenvalue weighted by Crippen LogP contribution is 2.24. The summed E-state index contributed by atoms with van der Waals surface area (Å²) in [4.78, 5) is 0. The van der Waals surface area contributed by atoms with E-state index >= 15 is 0 Å². The van der Waals surface area contributed by atoms with Crippen molar-refractivity contribution in [2.24, 2.45) is 11.8 Å². The molecule has 94 valence electrons. The SMILES string of the molecule is OCC(COc1cccc(O)c1)C1CCOC1. The lowest BCUT2D eigenvalue weighted by molar-refractivity contribution is 0.102. The van der Waals surface area contributed by atoms with Gasteiger partial charge >= 0.3 is 0 Å². The average molecular weight is 238 g/mol. The van der Waals surface area contributed by atoms with Crippen molar-refractivity contribution in [1.82, 2.24) is 0 Å². The van der Waals surface area contributed by atoms with Crippen LogP contribution in [0.4, 0.5) is 0 Å². The Morgan fingerprint density at radius 2 is 2.35 bits per heavy atom. The number of hydrogen-bond donors (Lipinski definition) is 2. The van der Waals surface area contributed by atoms with Gasteiger partial charge in [-0.25, -0.2) is 0 Å². The van der Waals surface area contributed by atoms with Crippen LogP contribution in [-0.4, -0.2) is 36.6 Å². The molecule has 1 aromatic rings. The van der Waals surface area contributed by atoms with Crippen LogP contribution in [0, 0.1) is 11.8 Å². The smallest absolute Gasteiger partial charge is 0.122 e. The summed E-state index contributed by atoms with van der Waals surface area (Å²) in [6.45, 7) is 2.03. The van der Waals surface area contributed by atoms with Crippen molar-refractivity contribution in [3.63, 3.8) is 0 Å². The van der Waals surface area contributed by atoms with E-state index in [9.17, 15) is 10.2 Å². The Kier molecular flexibility index (Phi) is 4.23. The number of phenolic OH excluding ortho intramolecular Hbond substituents is 1. The Balaban J connectivity index is 1.87. The highest BCUT2D eigenvalue weighted by molar-refractivity contribution is 5.31. The zero-order valence-corrected chi connectivity index (χ0v) is 9.71. The van der Waals surface area contributed by atoms with Gasteiger partial charge in [0.15, 0.2) is 0 Å². The summed E-state index contributed by atoms with van der Waals surface area (Å²) < 4.78 is 10.9. The fourth-order valence-electron chi connectivity index (χ4n) is 2.04. The summed E-state index contributed by atoms with van der Waals surface area (Å²) in [6.07, 6.45) is 0.981. The number of aromatic hydroxyl groups is 1. The van der Waals surface area contributed by atoms with Gasteiger partial charge in [0.05, 0.1) is 6.61 Å². The Bertz CT molecular complexity index is 347. The van der Waals surface area contributed by atoms with Crippen molar-refractivity contribution in [3.8, 4) is 11.5 Å². The quantitative estimate of drug-likeness (QED) is 0.814. The lowest BCUT2D eigenvalue weighted by Gasteiger charge is -2.20. The molecule has 1 aliphatic heterocycles. The van der Waals surface area contributed by atoms with Crippen molar-refractivity contribution in [2.45, 2.75) is 6.42 Å². The Labute approximate surface area is 101 Å². The standard InChI is InChI=1S/C13H18O4/c14-7-11(10-4-5-16-8-10)9-17-13-3-1-2-12(15)6-13/h1-3,6,10-11,14-15H,4-5,7-9H2. The zero-order valence-electron chi connectivity index (χ0n) is 9.71. The van der Waals surface area contributed by atoms with Crippen molar-refractivity contribution < 1.29 is 19.7 Å². The van der Waals surface area contributed by atoms with Gasteiger partial charge in [-0.05, 0) is 24.5 Å². The molecule has 0 amide bonds. The monoisotopic (exact) mass is 238 g/mol. The van der Waals surface area contributed by atoms with E-state index in [0.29, 0.717) is 24.9 Å². The lowest BCUT2D eigenvalue weighted by atomic mass is 9.93. The van der Waals surface area contributed by atoms with E-state index in [1.807, 2.05) is 0 Å². The molecule has 0 aliphatic carbocycles. The molecular formula is C13H18O4. The van der Waals surface area contributed by atoms with E-state index in [4.69, 9.17) is 9.47 Å². The number of phenols is 1. The van der Waals surface area contributed by atoms with Crippen molar-refractivity contribution >= 4 is 0 Å². The molecule has 2 N–H and O–H groups in total. The van der Waals surface area contributed by atoms with Crippen LogP contribution in [-0.2, 0) is 4.74 Å². The highest BCUT2D eigenvalue weighted by atomic mass is 16.5. The van der Waals surface area contributed by atoms with Crippen LogP contribution < -0.4 is 4.74 Å². The van der Waals surface area contributed by atoms with Crippen LogP contribution in [0.5, 0.6) is 11.5 Å². The number of benzene rings is 1. The summed E-state index contributed by atoms with van der Waals surface area (Å²) in [5, 5.41) is 18.6. The van der Waals surface area contributed by atoms with Crippen molar-refractivity contribution in [3.05, 3.63) is 24.3 Å². The van der Waals surface area contributed by atoms with Gasteiger partial charge in [0.25, 0.3) is 0 Å². The van der Waals surface area contributed by atoms with E-state index in [-0.39, 0.29) is 18.3 Å². The highest BCUT2D eigenvalue weighted by Gasteiger charge is 2.25. The molecule has 1 aliphatic rings. The predicted molar refractivity (Wildman–Crippen MR) is 63.1 cm³/mol. The molecule has 0 aromatic heterocycles. The molecule has 1 aromatic carbocycles. The molecule has 4 heteroatoms. The van der Waals surface area contributed by atoms with Crippen molar-refractivity contribution in [1.29, 1.82) is 0 Å². The first kappa shape index (κ1) is 12.2. The largest absolute Gasteiger partial charge is 0.508 e. The van der Waals surface area contributed by atoms with E-state index in [1.165, 1.54) is 0 Å². The average Bonchev–Trinajstić information content (AvgIpc) is 2.84. The number of aliphatic hydroxyl groups is 1. The summed E-state index contributed by atoms with van der Waals surface area (Å²) in [5.41, 5.74) is 0. The molecule has 1 heterocycles. The maximum atomic E-state index is 9.33. The molecule has 1 fully saturated rings. The first-order chi connectivity index (χ1) is 8.29. The minimum atomic E-state index is 0.0971. The van der Waals surface area contributed by atoms with Gasteiger partial charge in [-0.2, -0.15) is 0 Å². The maximum absolute atomic E-state index is 9.33. The van der Waals surface area contributed by atoms with Crippen LogP contribution >= 0.6 is 0 Å². The zero-order chi connectivity index (χ0) is 12.1. The van der Waals surface area contributed by atoms with Crippen molar-refractivity contribution in [2.75, 3.05) is 26.4 Å². The number of rotatable bonds is 5. The number of aliphatic hydroxyl groups excluding tert-OH is 1. The van der Waals surface area contributed by atoms with Gasteiger partial charge < -0.3 is 19.7 Å². The van der Waals surface area contributed by atoms with Gasteiger partial charge in [0, 0.05) is 31.8 Å². The van der Waals surface area contributed by atoms with Crippen LogP contribution in [0.2, 0.25) is 0 Å². The normalized spacial score (nSPS) is 21.4. The summed E-state index contributed by atoms with van der Waals surface area (Å²) >= 11 is 0. The van der Waals surface area contributed by atoms with Gasteiger partial charge in [-0.3, -0.25) is 0 Å². The van der Waals surface area contributed by atoms with E-state index in [2.05, 4.69) is 0 Å². The molecule has 1 saturated heterocycles. The third-order valence-corrected chi connectivity index (χ3v) is 3.15. The molecule has 2 atom stereocenters. The second kappa shape index (κ2) is 5.89. The minimum absolute atomic E-state index is 0.0971. The van der Waals surface area contributed by atoms with E-state index in [0.717, 1.165) is 13.0 Å². The topological polar surface area (TPSA) is 58.9 Å². The molecular weight excluding hydrogens is 220 g/mol. The molecule has 2 rings (SSSR count). The lowest BCUT2D eigenvalue weighted by Crippen LogP contribution is -2.25. The van der Waals surface area contributed by atoms with Crippen LogP contribution in [0.25, 0.3) is 0 Å². The Morgan fingerprint density at radius 3 is 3.00 bits per heavy atom.